The van der Waals surface area contributed by atoms with Crippen molar-refractivity contribution >= 4 is 5.95 Å². The summed E-state index contributed by atoms with van der Waals surface area (Å²) in [5.74, 6) is 0.278. The lowest BCUT2D eigenvalue weighted by Crippen LogP contribution is -2.09. The van der Waals surface area contributed by atoms with Crippen molar-refractivity contribution in [2.24, 2.45) is 0 Å². The van der Waals surface area contributed by atoms with Crippen molar-refractivity contribution in [3.8, 4) is 0 Å². The summed E-state index contributed by atoms with van der Waals surface area (Å²) < 4.78 is 12.8. The Kier molecular flexibility index (Phi) is 4.39. The number of hydrogen-bond donors (Lipinski definition) is 1. The third-order valence-corrected chi connectivity index (χ3v) is 2.87. The van der Waals surface area contributed by atoms with Crippen LogP contribution in [0, 0.1) is 5.82 Å². The number of hydrogen-bond acceptors (Lipinski definition) is 4. The van der Waals surface area contributed by atoms with Gasteiger partial charge in [0, 0.05) is 6.54 Å². The Morgan fingerprint density at radius 2 is 1.68 bits per heavy atom. The topological polar surface area (TPSA) is 50.7 Å². The van der Waals surface area contributed by atoms with Crippen LogP contribution in [0.2, 0.25) is 0 Å². The summed E-state index contributed by atoms with van der Waals surface area (Å²) in [5.41, 5.74) is 2.89. The number of halogens is 1. The fourth-order valence-corrected chi connectivity index (χ4v) is 1.80. The standard InChI is InChI=1S/C14H17FN4/c1-3-12-13(4-2)18-19-14(17-12)16-9-10-5-7-11(15)8-6-10/h5-8H,3-4,9H2,1-2H3,(H,16,17,19). The van der Waals surface area contributed by atoms with Crippen LogP contribution in [0.3, 0.4) is 0 Å². The van der Waals surface area contributed by atoms with Crippen molar-refractivity contribution in [3.63, 3.8) is 0 Å². The van der Waals surface area contributed by atoms with E-state index in [0.717, 1.165) is 29.8 Å². The second-order valence-corrected chi connectivity index (χ2v) is 4.22. The molecule has 0 spiro atoms. The van der Waals surface area contributed by atoms with Crippen molar-refractivity contribution in [1.29, 1.82) is 0 Å². The molecule has 100 valence electrons. The molecule has 1 heterocycles. The van der Waals surface area contributed by atoms with Crippen LogP contribution in [0.25, 0.3) is 0 Å². The van der Waals surface area contributed by atoms with Gasteiger partial charge >= 0.3 is 0 Å². The van der Waals surface area contributed by atoms with Gasteiger partial charge in [0.15, 0.2) is 0 Å². The highest BCUT2D eigenvalue weighted by Crippen LogP contribution is 2.09. The Bertz CT molecular complexity index is 540. The minimum Gasteiger partial charge on any atom is -0.349 e. The molecule has 0 unspecified atom stereocenters. The highest BCUT2D eigenvalue weighted by atomic mass is 19.1. The summed E-state index contributed by atoms with van der Waals surface area (Å²) in [7, 11) is 0. The summed E-state index contributed by atoms with van der Waals surface area (Å²) in [6.07, 6.45) is 1.67. The largest absolute Gasteiger partial charge is 0.349 e. The maximum Gasteiger partial charge on any atom is 0.243 e. The van der Waals surface area contributed by atoms with Crippen LogP contribution in [-0.2, 0) is 19.4 Å². The van der Waals surface area contributed by atoms with Crippen LogP contribution in [0.1, 0.15) is 30.8 Å². The zero-order valence-corrected chi connectivity index (χ0v) is 11.2. The molecule has 0 aliphatic rings. The molecule has 0 atom stereocenters. The third-order valence-electron chi connectivity index (χ3n) is 2.87. The highest BCUT2D eigenvalue weighted by Gasteiger charge is 2.05. The lowest BCUT2D eigenvalue weighted by Gasteiger charge is -2.07. The molecule has 2 rings (SSSR count). The SMILES string of the molecule is CCc1nnc(NCc2ccc(F)cc2)nc1CC. The molecule has 19 heavy (non-hydrogen) atoms. The molecule has 0 aliphatic heterocycles. The first-order chi connectivity index (χ1) is 9.22. The molecular weight excluding hydrogens is 243 g/mol. The summed E-state index contributed by atoms with van der Waals surface area (Å²) in [6.45, 7) is 4.64. The van der Waals surface area contributed by atoms with Crippen LogP contribution < -0.4 is 5.32 Å². The quantitative estimate of drug-likeness (QED) is 0.898. The molecule has 0 fully saturated rings. The Morgan fingerprint density at radius 3 is 2.32 bits per heavy atom. The maximum atomic E-state index is 12.8. The van der Waals surface area contributed by atoms with E-state index < -0.39 is 0 Å². The second-order valence-electron chi connectivity index (χ2n) is 4.22. The number of anilines is 1. The predicted molar refractivity (Wildman–Crippen MR) is 72.3 cm³/mol. The van der Waals surface area contributed by atoms with Gasteiger partial charge in [-0.2, -0.15) is 5.10 Å². The van der Waals surface area contributed by atoms with E-state index in [-0.39, 0.29) is 5.82 Å². The van der Waals surface area contributed by atoms with Gasteiger partial charge in [0.1, 0.15) is 5.82 Å². The van der Waals surface area contributed by atoms with Gasteiger partial charge in [-0.05, 0) is 30.5 Å². The molecule has 0 aliphatic carbocycles. The van der Waals surface area contributed by atoms with Gasteiger partial charge in [-0.1, -0.05) is 26.0 Å². The van der Waals surface area contributed by atoms with Crippen molar-refractivity contribution in [2.75, 3.05) is 5.32 Å². The van der Waals surface area contributed by atoms with Gasteiger partial charge < -0.3 is 5.32 Å². The monoisotopic (exact) mass is 260 g/mol. The number of nitrogens with zero attached hydrogens (tertiary/aromatic N) is 3. The Hall–Kier alpha value is -2.04. The van der Waals surface area contributed by atoms with Gasteiger partial charge in [-0.3, -0.25) is 0 Å². The highest BCUT2D eigenvalue weighted by molar-refractivity contribution is 5.28. The van der Waals surface area contributed by atoms with Gasteiger partial charge in [0.2, 0.25) is 5.95 Å². The van der Waals surface area contributed by atoms with Crippen LogP contribution in [-0.4, -0.2) is 15.2 Å². The molecule has 0 saturated carbocycles. The van der Waals surface area contributed by atoms with E-state index in [4.69, 9.17) is 0 Å². The van der Waals surface area contributed by atoms with Gasteiger partial charge in [0.25, 0.3) is 0 Å². The molecule has 0 bridgehead atoms. The van der Waals surface area contributed by atoms with Gasteiger partial charge in [-0.25, -0.2) is 9.37 Å². The van der Waals surface area contributed by atoms with Crippen LogP contribution in [0.15, 0.2) is 24.3 Å². The van der Waals surface area contributed by atoms with E-state index >= 15 is 0 Å². The number of aromatic nitrogens is 3. The molecule has 5 heteroatoms. The Morgan fingerprint density at radius 1 is 1.00 bits per heavy atom. The molecule has 1 N–H and O–H groups in total. The molecule has 2 aromatic rings. The molecule has 4 nitrogen and oxygen atoms in total. The van der Waals surface area contributed by atoms with Crippen molar-refractivity contribution in [1.82, 2.24) is 15.2 Å². The molecule has 1 aromatic carbocycles. The summed E-state index contributed by atoms with van der Waals surface area (Å²) in [4.78, 5) is 4.44. The van der Waals surface area contributed by atoms with E-state index in [0.29, 0.717) is 12.5 Å². The summed E-state index contributed by atoms with van der Waals surface area (Å²) >= 11 is 0. The molecule has 0 saturated heterocycles. The second kappa shape index (κ2) is 6.22. The zero-order valence-electron chi connectivity index (χ0n) is 11.2. The van der Waals surface area contributed by atoms with Crippen LogP contribution >= 0.6 is 0 Å². The smallest absolute Gasteiger partial charge is 0.243 e. The van der Waals surface area contributed by atoms with E-state index in [1.807, 2.05) is 13.8 Å². The van der Waals surface area contributed by atoms with Crippen molar-refractivity contribution < 1.29 is 4.39 Å². The fourth-order valence-electron chi connectivity index (χ4n) is 1.80. The normalized spacial score (nSPS) is 10.5. The van der Waals surface area contributed by atoms with Gasteiger partial charge in [0.05, 0.1) is 11.4 Å². The van der Waals surface area contributed by atoms with E-state index in [2.05, 4.69) is 20.5 Å². The van der Waals surface area contributed by atoms with Gasteiger partial charge in [-0.15, -0.1) is 5.10 Å². The number of nitrogens with one attached hydrogen (secondary N) is 1. The molecule has 0 radical (unpaired) electrons. The molecular formula is C14H17FN4. The van der Waals surface area contributed by atoms with Crippen LogP contribution in [0.4, 0.5) is 10.3 Å². The third kappa shape index (κ3) is 3.47. The first-order valence-corrected chi connectivity index (χ1v) is 6.43. The summed E-state index contributed by atoms with van der Waals surface area (Å²) in [6, 6.07) is 6.34. The number of benzene rings is 1. The lowest BCUT2D eigenvalue weighted by molar-refractivity contribution is 0.627. The average molecular weight is 260 g/mol. The first-order valence-electron chi connectivity index (χ1n) is 6.43. The van der Waals surface area contributed by atoms with Crippen molar-refractivity contribution in [3.05, 3.63) is 47.0 Å². The minimum absolute atomic E-state index is 0.234. The zero-order chi connectivity index (χ0) is 13.7. The Labute approximate surface area is 112 Å². The molecule has 0 amide bonds. The predicted octanol–water partition coefficient (Wildman–Crippen LogP) is 2.75. The van der Waals surface area contributed by atoms with E-state index in [9.17, 15) is 4.39 Å². The minimum atomic E-state index is -0.234. The number of rotatable bonds is 5. The molecule has 1 aromatic heterocycles. The lowest BCUT2D eigenvalue weighted by atomic mass is 10.2. The van der Waals surface area contributed by atoms with E-state index in [1.54, 1.807) is 12.1 Å². The fraction of sp³-hybridized carbons (Fsp3) is 0.357. The number of aryl methyl sites for hydroxylation is 2. The first kappa shape index (κ1) is 13.4. The average Bonchev–Trinajstić information content (AvgIpc) is 2.46. The Balaban J connectivity index is 2.05. The van der Waals surface area contributed by atoms with Crippen molar-refractivity contribution in [2.45, 2.75) is 33.2 Å². The summed E-state index contributed by atoms with van der Waals surface area (Å²) in [5, 5.41) is 11.3. The van der Waals surface area contributed by atoms with Crippen LogP contribution in [0.5, 0.6) is 0 Å². The van der Waals surface area contributed by atoms with E-state index in [1.165, 1.54) is 12.1 Å². The maximum absolute atomic E-state index is 12.8.